The van der Waals surface area contributed by atoms with Crippen LogP contribution in [0.4, 0.5) is 0 Å². The van der Waals surface area contributed by atoms with Gasteiger partial charge in [-0.25, -0.2) is 5.43 Å². The van der Waals surface area contributed by atoms with E-state index in [1.807, 2.05) is 43.3 Å². The molecule has 1 N–H and O–H groups in total. The van der Waals surface area contributed by atoms with Crippen LogP contribution in [0.5, 0.6) is 5.75 Å². The molecule has 22 heavy (non-hydrogen) atoms. The smallest absolute Gasteiger partial charge is 0.271 e. The third kappa shape index (κ3) is 4.45. The summed E-state index contributed by atoms with van der Waals surface area (Å²) in [6, 6.07) is 14.9. The first kappa shape index (κ1) is 15.8. The maximum Gasteiger partial charge on any atom is 0.271 e. The van der Waals surface area contributed by atoms with Crippen molar-refractivity contribution in [1.82, 2.24) is 5.43 Å². The third-order valence-electron chi connectivity index (χ3n) is 3.06. The van der Waals surface area contributed by atoms with E-state index in [1.165, 1.54) is 0 Å². The number of nitrogens with one attached hydrogen (secondary N) is 1. The van der Waals surface area contributed by atoms with Crippen molar-refractivity contribution in [2.45, 2.75) is 20.3 Å². The second kappa shape index (κ2) is 7.98. The first-order chi connectivity index (χ1) is 10.7. The molecular weight excluding hydrogens is 276 g/mol. The predicted octanol–water partition coefficient (Wildman–Crippen LogP) is 3.55. The highest BCUT2D eigenvalue weighted by Gasteiger charge is 2.03. The van der Waals surface area contributed by atoms with Crippen LogP contribution >= 0.6 is 0 Å². The molecule has 0 aliphatic rings. The monoisotopic (exact) mass is 296 g/mol. The van der Waals surface area contributed by atoms with Crippen molar-refractivity contribution < 1.29 is 9.53 Å². The zero-order chi connectivity index (χ0) is 15.8. The van der Waals surface area contributed by atoms with Crippen LogP contribution in [-0.2, 0) is 0 Å². The van der Waals surface area contributed by atoms with Gasteiger partial charge < -0.3 is 4.74 Å². The quantitative estimate of drug-likeness (QED) is 0.654. The van der Waals surface area contributed by atoms with E-state index in [2.05, 4.69) is 17.5 Å². The fraction of sp³-hybridized carbons (Fsp3) is 0.222. The van der Waals surface area contributed by atoms with Crippen LogP contribution in [0.2, 0.25) is 0 Å². The highest BCUT2D eigenvalue weighted by molar-refractivity contribution is 5.95. The molecule has 0 fully saturated rings. The van der Waals surface area contributed by atoms with Gasteiger partial charge in [0.2, 0.25) is 0 Å². The van der Waals surface area contributed by atoms with E-state index in [-0.39, 0.29) is 5.91 Å². The van der Waals surface area contributed by atoms with E-state index in [0.29, 0.717) is 12.2 Å². The number of hydrazone groups is 1. The van der Waals surface area contributed by atoms with Crippen LogP contribution < -0.4 is 10.2 Å². The molecule has 0 aromatic heterocycles. The van der Waals surface area contributed by atoms with E-state index in [1.54, 1.807) is 18.3 Å². The SMILES string of the molecule is CCCOc1ccccc1/C=N/NC(=O)c1ccc(C)cc1. The molecule has 0 atom stereocenters. The summed E-state index contributed by atoms with van der Waals surface area (Å²) >= 11 is 0. The molecule has 0 aliphatic carbocycles. The number of nitrogens with zero attached hydrogens (tertiary/aromatic N) is 1. The van der Waals surface area contributed by atoms with Crippen molar-refractivity contribution in [2.75, 3.05) is 6.61 Å². The van der Waals surface area contributed by atoms with Gasteiger partial charge in [-0.1, -0.05) is 36.8 Å². The van der Waals surface area contributed by atoms with Crippen molar-refractivity contribution in [3.05, 3.63) is 65.2 Å². The Morgan fingerprint density at radius 2 is 1.91 bits per heavy atom. The summed E-state index contributed by atoms with van der Waals surface area (Å²) < 4.78 is 5.64. The van der Waals surface area contributed by atoms with Crippen molar-refractivity contribution in [1.29, 1.82) is 0 Å². The zero-order valence-electron chi connectivity index (χ0n) is 12.9. The number of para-hydroxylation sites is 1. The van der Waals surface area contributed by atoms with Gasteiger partial charge in [0.25, 0.3) is 5.91 Å². The van der Waals surface area contributed by atoms with Crippen molar-refractivity contribution >= 4 is 12.1 Å². The predicted molar refractivity (Wildman–Crippen MR) is 88.5 cm³/mol. The largest absolute Gasteiger partial charge is 0.493 e. The molecule has 2 aromatic rings. The summed E-state index contributed by atoms with van der Waals surface area (Å²) in [6.07, 6.45) is 2.53. The van der Waals surface area contributed by atoms with E-state index in [9.17, 15) is 4.79 Å². The Kier molecular flexibility index (Phi) is 5.72. The molecule has 4 heteroatoms. The second-order valence-electron chi connectivity index (χ2n) is 4.95. The molecule has 1 amide bonds. The number of hydrogen-bond donors (Lipinski definition) is 1. The number of rotatable bonds is 6. The number of carbonyl (C=O) groups excluding carboxylic acids is 1. The molecule has 2 rings (SSSR count). The molecule has 0 unspecified atom stereocenters. The molecule has 2 aromatic carbocycles. The molecule has 0 saturated carbocycles. The minimum absolute atomic E-state index is 0.233. The summed E-state index contributed by atoms with van der Waals surface area (Å²) in [5.41, 5.74) is 5.05. The first-order valence-electron chi connectivity index (χ1n) is 7.32. The van der Waals surface area contributed by atoms with Gasteiger partial charge in [-0.15, -0.1) is 0 Å². The average molecular weight is 296 g/mol. The minimum Gasteiger partial charge on any atom is -0.493 e. The molecule has 0 aliphatic heterocycles. The van der Waals surface area contributed by atoms with Gasteiger partial charge >= 0.3 is 0 Å². The minimum atomic E-state index is -0.233. The second-order valence-corrected chi connectivity index (χ2v) is 4.95. The van der Waals surface area contributed by atoms with E-state index in [0.717, 1.165) is 23.3 Å². The average Bonchev–Trinajstić information content (AvgIpc) is 2.54. The van der Waals surface area contributed by atoms with Crippen LogP contribution in [0.15, 0.2) is 53.6 Å². The van der Waals surface area contributed by atoms with Gasteiger partial charge in [-0.3, -0.25) is 4.79 Å². The molecular formula is C18H20N2O2. The Morgan fingerprint density at radius 1 is 1.18 bits per heavy atom. The Balaban J connectivity index is 2.00. The van der Waals surface area contributed by atoms with E-state index >= 15 is 0 Å². The lowest BCUT2D eigenvalue weighted by Gasteiger charge is -2.07. The maximum absolute atomic E-state index is 11.9. The molecule has 114 valence electrons. The molecule has 0 heterocycles. The van der Waals surface area contributed by atoms with Crippen LogP contribution in [0.1, 0.15) is 34.8 Å². The lowest BCUT2D eigenvalue weighted by Crippen LogP contribution is -2.17. The highest BCUT2D eigenvalue weighted by atomic mass is 16.5. The number of amides is 1. The number of benzene rings is 2. The zero-order valence-corrected chi connectivity index (χ0v) is 12.9. The van der Waals surface area contributed by atoms with Crippen LogP contribution in [0, 0.1) is 6.92 Å². The molecule has 4 nitrogen and oxygen atoms in total. The summed E-state index contributed by atoms with van der Waals surface area (Å²) in [5, 5.41) is 4.00. The van der Waals surface area contributed by atoms with Crippen molar-refractivity contribution in [3.8, 4) is 5.75 Å². The fourth-order valence-electron chi connectivity index (χ4n) is 1.86. The summed E-state index contributed by atoms with van der Waals surface area (Å²) in [5.74, 6) is 0.529. The van der Waals surface area contributed by atoms with Gasteiger partial charge in [0.1, 0.15) is 5.75 Å². The Hall–Kier alpha value is -2.62. The Labute approximate surface area is 130 Å². The molecule has 0 spiro atoms. The molecule has 0 saturated heterocycles. The Morgan fingerprint density at radius 3 is 2.64 bits per heavy atom. The first-order valence-corrected chi connectivity index (χ1v) is 7.32. The van der Waals surface area contributed by atoms with E-state index in [4.69, 9.17) is 4.74 Å². The highest BCUT2D eigenvalue weighted by Crippen LogP contribution is 2.15. The van der Waals surface area contributed by atoms with E-state index < -0.39 is 0 Å². The third-order valence-corrected chi connectivity index (χ3v) is 3.06. The molecule has 0 radical (unpaired) electrons. The van der Waals surface area contributed by atoms with Crippen LogP contribution in [0.25, 0.3) is 0 Å². The van der Waals surface area contributed by atoms with Gasteiger partial charge in [0.15, 0.2) is 0 Å². The number of aryl methyl sites for hydroxylation is 1. The number of carbonyl (C=O) groups is 1. The Bertz CT molecular complexity index is 648. The summed E-state index contributed by atoms with van der Waals surface area (Å²) in [7, 11) is 0. The van der Waals surface area contributed by atoms with Crippen LogP contribution in [-0.4, -0.2) is 18.7 Å². The maximum atomic E-state index is 11.9. The number of ether oxygens (including phenoxy) is 1. The standard InChI is InChI=1S/C18H20N2O2/c1-3-12-22-17-7-5-4-6-16(17)13-19-20-18(21)15-10-8-14(2)9-11-15/h4-11,13H,3,12H2,1-2H3,(H,20,21)/b19-13+. The summed E-state index contributed by atoms with van der Waals surface area (Å²) in [4.78, 5) is 11.9. The van der Waals surface area contributed by atoms with Gasteiger partial charge in [-0.2, -0.15) is 5.10 Å². The number of hydrogen-bond acceptors (Lipinski definition) is 3. The topological polar surface area (TPSA) is 50.7 Å². The van der Waals surface area contributed by atoms with Crippen molar-refractivity contribution in [3.63, 3.8) is 0 Å². The van der Waals surface area contributed by atoms with Gasteiger partial charge in [0, 0.05) is 11.1 Å². The summed E-state index contributed by atoms with van der Waals surface area (Å²) in [6.45, 7) is 4.69. The lowest BCUT2D eigenvalue weighted by molar-refractivity contribution is 0.0955. The lowest BCUT2D eigenvalue weighted by atomic mass is 10.1. The normalized spacial score (nSPS) is 10.6. The van der Waals surface area contributed by atoms with Gasteiger partial charge in [-0.05, 0) is 37.6 Å². The van der Waals surface area contributed by atoms with Gasteiger partial charge in [0.05, 0.1) is 12.8 Å². The van der Waals surface area contributed by atoms with Crippen LogP contribution in [0.3, 0.4) is 0 Å². The van der Waals surface area contributed by atoms with Crippen molar-refractivity contribution in [2.24, 2.45) is 5.10 Å². The molecule has 0 bridgehead atoms. The fourth-order valence-corrected chi connectivity index (χ4v) is 1.86.